The van der Waals surface area contributed by atoms with Gasteiger partial charge in [-0.1, -0.05) is 31.0 Å². The number of fused-ring (bicyclic) bond motifs is 3. The van der Waals surface area contributed by atoms with Crippen molar-refractivity contribution in [2.45, 2.75) is 13.3 Å². The summed E-state index contributed by atoms with van der Waals surface area (Å²) in [6.07, 6.45) is 4.34. The summed E-state index contributed by atoms with van der Waals surface area (Å²) in [6, 6.07) is 8.02. The second-order valence-corrected chi connectivity index (χ2v) is 6.83. The first-order valence-electron chi connectivity index (χ1n) is 8.27. The number of benzene rings is 2. The van der Waals surface area contributed by atoms with Crippen LogP contribution in [0.5, 0.6) is 0 Å². The Kier molecular flexibility index (Phi) is 4.46. The molecular formula is C19H16F2N4S. The maximum absolute atomic E-state index is 14.9. The van der Waals surface area contributed by atoms with Crippen molar-refractivity contribution in [2.24, 2.45) is 0 Å². The molecule has 2 N–H and O–H groups in total. The third-order valence-electron chi connectivity index (χ3n) is 4.16. The van der Waals surface area contributed by atoms with Crippen LogP contribution in [0.2, 0.25) is 0 Å². The summed E-state index contributed by atoms with van der Waals surface area (Å²) in [5, 5.41) is 9.41. The van der Waals surface area contributed by atoms with Crippen LogP contribution >= 0.6 is 11.9 Å². The number of pyridine rings is 1. The normalized spacial score (nSPS) is 11.3. The van der Waals surface area contributed by atoms with Crippen molar-refractivity contribution in [2.75, 3.05) is 10.5 Å². The van der Waals surface area contributed by atoms with Gasteiger partial charge in [0.05, 0.1) is 17.4 Å². The van der Waals surface area contributed by atoms with Crippen LogP contribution < -0.4 is 4.72 Å². The van der Waals surface area contributed by atoms with E-state index in [0.717, 1.165) is 28.3 Å². The average Bonchev–Trinajstić information content (AvgIpc) is 3.13. The van der Waals surface area contributed by atoms with E-state index in [9.17, 15) is 8.78 Å². The van der Waals surface area contributed by atoms with E-state index in [1.54, 1.807) is 24.5 Å². The highest BCUT2D eigenvalue weighted by Gasteiger charge is 2.16. The molecule has 0 atom stereocenters. The molecule has 4 nitrogen and oxygen atoms in total. The van der Waals surface area contributed by atoms with Crippen molar-refractivity contribution in [3.63, 3.8) is 0 Å². The molecule has 2 heterocycles. The molecular weight excluding hydrogens is 354 g/mol. The number of nitrogens with zero attached hydrogens (tertiary/aromatic N) is 2. The second kappa shape index (κ2) is 6.92. The second-order valence-electron chi connectivity index (χ2n) is 5.93. The van der Waals surface area contributed by atoms with Gasteiger partial charge in [0, 0.05) is 22.7 Å². The zero-order chi connectivity index (χ0) is 18.1. The number of anilines is 1. The molecule has 0 aliphatic carbocycles. The van der Waals surface area contributed by atoms with E-state index < -0.39 is 11.6 Å². The highest BCUT2D eigenvalue weighted by atomic mass is 32.2. The average molecular weight is 370 g/mol. The zero-order valence-corrected chi connectivity index (χ0v) is 14.8. The number of H-pyrrole nitrogens is 1. The molecule has 26 heavy (non-hydrogen) atoms. The molecule has 0 amide bonds. The first-order chi connectivity index (χ1) is 12.7. The van der Waals surface area contributed by atoms with Crippen LogP contribution in [0.3, 0.4) is 0 Å². The molecule has 132 valence electrons. The molecule has 0 radical (unpaired) electrons. The van der Waals surface area contributed by atoms with E-state index in [2.05, 4.69) is 19.9 Å². The minimum absolute atomic E-state index is 0.0405. The molecule has 7 heteroatoms. The van der Waals surface area contributed by atoms with Crippen LogP contribution in [0.15, 0.2) is 42.7 Å². The minimum atomic E-state index is -0.592. The van der Waals surface area contributed by atoms with Gasteiger partial charge in [-0.15, -0.1) is 0 Å². The van der Waals surface area contributed by atoms with Gasteiger partial charge in [-0.05, 0) is 35.6 Å². The smallest absolute Gasteiger partial charge is 0.157 e. The Bertz CT molecular complexity index is 1090. The summed E-state index contributed by atoms with van der Waals surface area (Å²) in [5.74, 6) is -0.343. The fourth-order valence-electron chi connectivity index (χ4n) is 2.91. The van der Waals surface area contributed by atoms with Gasteiger partial charge in [-0.3, -0.25) is 5.10 Å². The van der Waals surface area contributed by atoms with E-state index in [1.807, 2.05) is 13.0 Å². The summed E-state index contributed by atoms with van der Waals surface area (Å²) >= 11 is 1.40. The number of hydrogen-bond donors (Lipinski definition) is 2. The van der Waals surface area contributed by atoms with Crippen molar-refractivity contribution in [1.82, 2.24) is 15.2 Å². The highest BCUT2D eigenvalue weighted by Crippen LogP contribution is 2.34. The molecule has 0 saturated carbocycles. The molecule has 4 aromatic rings. The molecule has 2 aromatic carbocycles. The molecule has 0 unspecified atom stereocenters. The van der Waals surface area contributed by atoms with Crippen LogP contribution in [0.4, 0.5) is 14.5 Å². The maximum Gasteiger partial charge on any atom is 0.157 e. The number of aromatic nitrogens is 3. The van der Waals surface area contributed by atoms with Gasteiger partial charge < -0.3 is 4.72 Å². The van der Waals surface area contributed by atoms with Crippen LogP contribution in [0.1, 0.15) is 13.3 Å². The van der Waals surface area contributed by atoms with Gasteiger partial charge in [0.25, 0.3) is 0 Å². The molecule has 0 aliphatic rings. The molecule has 4 rings (SSSR count). The van der Waals surface area contributed by atoms with E-state index in [-0.39, 0.29) is 11.3 Å². The number of rotatable bonds is 5. The summed E-state index contributed by atoms with van der Waals surface area (Å²) in [5.41, 5.74) is 1.40. The number of aromatic amines is 1. The van der Waals surface area contributed by atoms with Crippen molar-refractivity contribution in [3.05, 3.63) is 54.4 Å². The fraction of sp³-hybridized carbons (Fsp3) is 0.158. The zero-order valence-electron chi connectivity index (χ0n) is 14.0. The van der Waals surface area contributed by atoms with E-state index in [4.69, 9.17) is 0 Å². The van der Waals surface area contributed by atoms with Gasteiger partial charge >= 0.3 is 0 Å². The molecule has 0 aliphatic heterocycles. The first kappa shape index (κ1) is 16.8. The lowest BCUT2D eigenvalue weighted by molar-refractivity contribution is 0.592. The van der Waals surface area contributed by atoms with Gasteiger partial charge in [0.2, 0.25) is 0 Å². The van der Waals surface area contributed by atoms with E-state index in [0.29, 0.717) is 11.2 Å². The predicted octanol–water partition coefficient (Wildman–Crippen LogP) is 5.53. The van der Waals surface area contributed by atoms with Crippen molar-refractivity contribution >= 4 is 39.4 Å². The van der Waals surface area contributed by atoms with E-state index >= 15 is 0 Å². The van der Waals surface area contributed by atoms with Crippen LogP contribution in [0, 0.1) is 11.6 Å². The predicted molar refractivity (Wildman–Crippen MR) is 103 cm³/mol. The van der Waals surface area contributed by atoms with Gasteiger partial charge in [-0.2, -0.15) is 5.10 Å². The topological polar surface area (TPSA) is 53.6 Å². The first-order valence-corrected chi connectivity index (χ1v) is 9.25. The fourth-order valence-corrected chi connectivity index (χ4v) is 3.53. The quantitative estimate of drug-likeness (QED) is 0.358. The Hall–Kier alpha value is -2.67. The standard InChI is InChI=1S/C19H16F2N4S/c1-2-7-26-25-16-6-5-15(20)17(18(16)21)11-3-4-13-12(8-11)9-22-19-14(13)10-23-24-19/h3-6,8-10,25H,2,7H2,1H3,(H,22,23,24). The molecule has 2 aromatic heterocycles. The Morgan fingerprint density at radius 1 is 1.12 bits per heavy atom. The number of hydrogen-bond acceptors (Lipinski definition) is 4. The van der Waals surface area contributed by atoms with Crippen LogP contribution in [0.25, 0.3) is 32.9 Å². The van der Waals surface area contributed by atoms with Gasteiger partial charge in [-0.25, -0.2) is 13.8 Å². The Morgan fingerprint density at radius 3 is 2.85 bits per heavy atom. The highest BCUT2D eigenvalue weighted by molar-refractivity contribution is 8.00. The summed E-state index contributed by atoms with van der Waals surface area (Å²) < 4.78 is 32.3. The summed E-state index contributed by atoms with van der Waals surface area (Å²) in [7, 11) is 0. The lowest BCUT2D eigenvalue weighted by Crippen LogP contribution is -1.97. The monoisotopic (exact) mass is 370 g/mol. The molecule has 0 fully saturated rings. The van der Waals surface area contributed by atoms with Gasteiger partial charge in [0.15, 0.2) is 11.5 Å². The van der Waals surface area contributed by atoms with Crippen molar-refractivity contribution < 1.29 is 8.78 Å². The third-order valence-corrected chi connectivity index (χ3v) is 5.14. The summed E-state index contributed by atoms with van der Waals surface area (Å²) in [6.45, 7) is 2.04. The van der Waals surface area contributed by atoms with Gasteiger partial charge in [0.1, 0.15) is 5.82 Å². The lowest BCUT2D eigenvalue weighted by atomic mass is 10.00. The Balaban J connectivity index is 1.81. The number of halogens is 2. The Morgan fingerprint density at radius 2 is 2.00 bits per heavy atom. The maximum atomic E-state index is 14.9. The minimum Gasteiger partial charge on any atom is -0.327 e. The molecule has 0 spiro atoms. The Labute approximate surface area is 153 Å². The molecule has 0 saturated heterocycles. The number of nitrogens with one attached hydrogen (secondary N) is 2. The van der Waals surface area contributed by atoms with Crippen LogP contribution in [-0.2, 0) is 0 Å². The van der Waals surface area contributed by atoms with Crippen LogP contribution in [-0.4, -0.2) is 20.9 Å². The SMILES string of the molecule is CCCSNc1ccc(F)c(-c2ccc3c(cnc4[nH]ncc43)c2)c1F. The van der Waals surface area contributed by atoms with E-state index in [1.165, 1.54) is 24.1 Å². The van der Waals surface area contributed by atoms with Crippen molar-refractivity contribution in [3.8, 4) is 11.1 Å². The third kappa shape index (κ3) is 2.88. The largest absolute Gasteiger partial charge is 0.327 e. The summed E-state index contributed by atoms with van der Waals surface area (Å²) in [4.78, 5) is 4.30. The molecule has 0 bridgehead atoms. The van der Waals surface area contributed by atoms with Crippen molar-refractivity contribution in [1.29, 1.82) is 0 Å². The lowest BCUT2D eigenvalue weighted by Gasteiger charge is -2.12.